The molecular weight excluding hydrogens is 500 g/mol. The number of hydrogen-bond donors (Lipinski definition) is 0. The summed E-state index contributed by atoms with van der Waals surface area (Å²) in [6.45, 7) is 6.40. The molecule has 2 aliphatic rings. The van der Waals surface area contributed by atoms with Crippen molar-refractivity contribution in [2.75, 3.05) is 0 Å². The number of rotatable bonds is 2. The Labute approximate surface area is 225 Å². The van der Waals surface area contributed by atoms with Crippen molar-refractivity contribution in [3.63, 3.8) is 0 Å². The maximum atomic E-state index is 3.39. The Balaban J connectivity index is 0.000000126. The van der Waals surface area contributed by atoms with E-state index in [1.165, 1.54) is 74.3 Å². The molecule has 4 aromatic carbocycles. The SMILES string of the molecule is CC1=[C-]C(C)C=C1c1ccccc1.Cc1ccc([CH]=[Zr+2])cc1.[c-]1cccc2c1Cc1ccccc1-2. The maximum Gasteiger partial charge on any atom is -0.0253 e. The van der Waals surface area contributed by atoms with E-state index in [0.29, 0.717) is 5.92 Å². The molecule has 0 nitrogen and oxygen atoms in total. The van der Waals surface area contributed by atoms with E-state index in [1.54, 1.807) is 0 Å². The van der Waals surface area contributed by atoms with E-state index in [9.17, 15) is 0 Å². The Hall–Kier alpha value is -2.89. The third-order valence-electron chi connectivity index (χ3n) is 6.21. The Morgan fingerprint density at radius 1 is 0.800 bits per heavy atom. The van der Waals surface area contributed by atoms with Gasteiger partial charge in [0.25, 0.3) is 0 Å². The van der Waals surface area contributed by atoms with E-state index >= 15 is 0 Å². The van der Waals surface area contributed by atoms with Gasteiger partial charge in [-0.05, 0) is 6.42 Å². The summed E-state index contributed by atoms with van der Waals surface area (Å²) >= 11 is 1.47. The van der Waals surface area contributed by atoms with Gasteiger partial charge < -0.3 is 0 Å². The summed E-state index contributed by atoms with van der Waals surface area (Å²) in [6, 6.07) is 37.2. The molecule has 0 fully saturated rings. The average Bonchev–Trinajstić information content (AvgIpc) is 3.44. The maximum absolute atomic E-state index is 3.39. The summed E-state index contributed by atoms with van der Waals surface area (Å²) in [5.74, 6) is 0.468. The van der Waals surface area contributed by atoms with Crippen LogP contribution in [0.25, 0.3) is 16.7 Å². The smallest absolute Gasteiger partial charge is 0.0253 e. The van der Waals surface area contributed by atoms with E-state index in [2.05, 4.69) is 128 Å². The van der Waals surface area contributed by atoms with E-state index in [4.69, 9.17) is 0 Å². The van der Waals surface area contributed by atoms with Gasteiger partial charge in [0, 0.05) is 0 Å². The average molecular weight is 530 g/mol. The molecule has 0 N–H and O–H groups in total. The van der Waals surface area contributed by atoms with Gasteiger partial charge in [-0.15, -0.1) is 11.1 Å². The molecule has 2 aliphatic carbocycles. The van der Waals surface area contributed by atoms with Crippen LogP contribution in [0.1, 0.15) is 41.7 Å². The van der Waals surface area contributed by atoms with Crippen LogP contribution in [0.15, 0.2) is 109 Å². The summed E-state index contributed by atoms with van der Waals surface area (Å²) in [5, 5.41) is 0. The number of aryl methyl sites for hydroxylation is 1. The zero-order valence-electron chi connectivity index (χ0n) is 20.7. The summed E-state index contributed by atoms with van der Waals surface area (Å²) in [6.07, 6.45) is 6.71. The van der Waals surface area contributed by atoms with E-state index in [1.807, 2.05) is 12.1 Å². The Bertz CT molecular complexity index is 1300. The van der Waals surface area contributed by atoms with Crippen molar-refractivity contribution in [3.05, 3.63) is 149 Å². The molecule has 0 aliphatic heterocycles. The molecule has 0 spiro atoms. The fourth-order valence-corrected chi connectivity index (χ4v) is 4.90. The minimum atomic E-state index is 0.468. The number of hydrogen-bond acceptors (Lipinski definition) is 0. The van der Waals surface area contributed by atoms with Crippen LogP contribution in [0.2, 0.25) is 0 Å². The first-order valence-electron chi connectivity index (χ1n) is 12.1. The Kier molecular flexibility index (Phi) is 8.78. The van der Waals surface area contributed by atoms with Gasteiger partial charge in [-0.25, -0.2) is 5.57 Å². The van der Waals surface area contributed by atoms with Crippen molar-refractivity contribution in [1.82, 2.24) is 0 Å². The van der Waals surface area contributed by atoms with Crippen molar-refractivity contribution in [1.29, 1.82) is 0 Å². The van der Waals surface area contributed by atoms with Crippen molar-refractivity contribution >= 4 is 9.28 Å². The third-order valence-corrected chi connectivity index (χ3v) is 7.03. The minimum Gasteiger partial charge on any atom is -0.179 e. The summed E-state index contributed by atoms with van der Waals surface area (Å²) < 4.78 is 2.19. The normalized spacial score (nSPS) is 14.8. The van der Waals surface area contributed by atoms with E-state index < -0.39 is 0 Å². The molecule has 0 heterocycles. The monoisotopic (exact) mass is 528 g/mol. The van der Waals surface area contributed by atoms with E-state index in [-0.39, 0.29) is 0 Å². The predicted molar refractivity (Wildman–Crippen MR) is 146 cm³/mol. The summed E-state index contributed by atoms with van der Waals surface area (Å²) in [5.41, 5.74) is 12.1. The number of benzene rings is 4. The van der Waals surface area contributed by atoms with Crippen molar-refractivity contribution in [2.45, 2.75) is 27.2 Å². The molecule has 0 amide bonds. The molecule has 6 rings (SSSR count). The molecule has 0 radical (unpaired) electrons. The minimum absolute atomic E-state index is 0.468. The number of fused-ring (bicyclic) bond motifs is 3. The zero-order chi connectivity index (χ0) is 24.6. The predicted octanol–water partition coefficient (Wildman–Crippen LogP) is 8.22. The van der Waals surface area contributed by atoms with Crippen LogP contribution >= 0.6 is 0 Å². The molecule has 1 atom stereocenters. The van der Waals surface area contributed by atoms with Crippen molar-refractivity contribution < 1.29 is 24.2 Å². The van der Waals surface area contributed by atoms with Crippen LogP contribution in [-0.2, 0) is 30.7 Å². The molecule has 1 unspecified atom stereocenters. The molecule has 4 aromatic rings. The van der Waals surface area contributed by atoms with Crippen molar-refractivity contribution in [2.24, 2.45) is 5.92 Å². The molecule has 170 valence electrons. The second kappa shape index (κ2) is 12.2. The molecule has 1 heteroatoms. The molecule has 0 aromatic heterocycles. The van der Waals surface area contributed by atoms with Gasteiger partial charge in [-0.2, -0.15) is 41.5 Å². The largest absolute Gasteiger partial charge is 0.179 e. The van der Waals surface area contributed by atoms with E-state index in [0.717, 1.165) is 6.42 Å². The summed E-state index contributed by atoms with van der Waals surface area (Å²) in [7, 11) is 0. The first-order chi connectivity index (χ1) is 17.0. The van der Waals surface area contributed by atoms with Crippen LogP contribution in [0.3, 0.4) is 0 Å². The Morgan fingerprint density at radius 2 is 1.49 bits per heavy atom. The van der Waals surface area contributed by atoms with Gasteiger partial charge in [0.15, 0.2) is 0 Å². The third kappa shape index (κ3) is 6.62. The van der Waals surface area contributed by atoms with Gasteiger partial charge in [-0.1, -0.05) is 85.5 Å². The number of allylic oxidation sites excluding steroid dienone is 4. The van der Waals surface area contributed by atoms with Crippen LogP contribution in [0, 0.1) is 25.0 Å². The summed E-state index contributed by atoms with van der Waals surface area (Å²) in [4.78, 5) is 0. The second-order valence-corrected chi connectivity index (χ2v) is 9.67. The first-order valence-corrected chi connectivity index (χ1v) is 13.5. The van der Waals surface area contributed by atoms with Gasteiger partial charge in [0.05, 0.1) is 0 Å². The molecule has 0 saturated heterocycles. The quantitative estimate of drug-likeness (QED) is 0.202. The molecular formula is C34H30Zr. The second-order valence-electron chi connectivity index (χ2n) is 8.96. The van der Waals surface area contributed by atoms with Gasteiger partial charge in [-0.3, -0.25) is 6.08 Å². The Morgan fingerprint density at radius 3 is 2.17 bits per heavy atom. The fourth-order valence-electron chi connectivity index (χ4n) is 4.43. The topological polar surface area (TPSA) is 0 Å². The van der Waals surface area contributed by atoms with Gasteiger partial charge in [0.1, 0.15) is 0 Å². The molecule has 35 heavy (non-hydrogen) atoms. The zero-order valence-corrected chi connectivity index (χ0v) is 23.1. The fraction of sp³-hybridized carbons (Fsp3) is 0.147. The standard InChI is InChI=1S/C13H9.C13H13.C8H8.Zr/c1-3-7-12-10(5-1)9-11-6-2-4-8-13(11)12;1-10-8-11(2)13(9-10)12-6-4-3-5-7-12;1-7-3-5-8(2)6-4-7;/h1-5,7-8H,9H2;3-7,9-10H,1-2H3;1,3-6H,2H3;/q2*-1;;+2. The van der Waals surface area contributed by atoms with Crippen LogP contribution in [0.5, 0.6) is 0 Å². The van der Waals surface area contributed by atoms with Gasteiger partial charge in [0.2, 0.25) is 0 Å². The van der Waals surface area contributed by atoms with Crippen LogP contribution in [0.4, 0.5) is 0 Å². The molecule has 0 saturated carbocycles. The van der Waals surface area contributed by atoms with Crippen LogP contribution < -0.4 is 0 Å². The molecule has 0 bridgehead atoms. The first kappa shape index (κ1) is 25.2. The van der Waals surface area contributed by atoms with Crippen LogP contribution in [-0.4, -0.2) is 3.71 Å². The van der Waals surface area contributed by atoms with Crippen molar-refractivity contribution in [3.8, 4) is 11.1 Å². The van der Waals surface area contributed by atoms with Gasteiger partial charge >= 0.3 is 70.3 Å².